The lowest BCUT2D eigenvalue weighted by Gasteiger charge is -2.16. The first-order valence-electron chi connectivity index (χ1n) is 5.53. The third-order valence-electron chi connectivity index (χ3n) is 2.48. The number of rotatable bonds is 5. The Morgan fingerprint density at radius 3 is 2.55 bits per heavy atom. The molecular formula is C12H13BrN2O4S. The first kappa shape index (κ1) is 16.6. The van der Waals surface area contributed by atoms with Gasteiger partial charge in [0.15, 0.2) is 0 Å². The molecule has 0 aliphatic heterocycles. The molecule has 0 heterocycles. The van der Waals surface area contributed by atoms with E-state index in [4.69, 9.17) is 10.4 Å². The molecular weight excluding hydrogens is 348 g/mol. The molecule has 0 aromatic heterocycles. The zero-order valence-electron chi connectivity index (χ0n) is 10.8. The number of benzene rings is 1. The third-order valence-corrected chi connectivity index (χ3v) is 4.85. The van der Waals surface area contributed by atoms with Crippen molar-refractivity contribution in [2.24, 2.45) is 5.41 Å². The van der Waals surface area contributed by atoms with Gasteiger partial charge in [0.1, 0.15) is 0 Å². The van der Waals surface area contributed by atoms with Crippen LogP contribution in [-0.4, -0.2) is 26.0 Å². The maximum Gasteiger partial charge on any atom is 0.335 e. The molecule has 6 nitrogen and oxygen atoms in total. The number of hydrogen-bond donors (Lipinski definition) is 2. The van der Waals surface area contributed by atoms with Crippen LogP contribution >= 0.6 is 15.9 Å². The summed E-state index contributed by atoms with van der Waals surface area (Å²) in [7, 11) is -3.82. The summed E-state index contributed by atoms with van der Waals surface area (Å²) in [6.07, 6.45) is 0. The molecule has 0 saturated carbocycles. The molecule has 0 fully saturated rings. The van der Waals surface area contributed by atoms with Crippen LogP contribution in [0.1, 0.15) is 24.2 Å². The fourth-order valence-corrected chi connectivity index (χ4v) is 3.53. The summed E-state index contributed by atoms with van der Waals surface area (Å²) in [5.74, 6) is -1.15. The van der Waals surface area contributed by atoms with Crippen LogP contribution in [0.4, 0.5) is 0 Å². The highest BCUT2D eigenvalue weighted by atomic mass is 79.9. The SMILES string of the molecule is CC(C)(C#N)CNS(=O)(=O)c1ccc(C(=O)O)cc1Br. The molecule has 0 amide bonds. The number of halogens is 1. The van der Waals surface area contributed by atoms with Crippen LogP contribution in [0.15, 0.2) is 27.6 Å². The number of nitrogens with zero attached hydrogens (tertiary/aromatic N) is 1. The second kappa shape index (κ2) is 5.91. The number of nitrogens with one attached hydrogen (secondary N) is 1. The minimum Gasteiger partial charge on any atom is -0.478 e. The molecule has 0 radical (unpaired) electrons. The highest BCUT2D eigenvalue weighted by molar-refractivity contribution is 9.10. The van der Waals surface area contributed by atoms with Crippen molar-refractivity contribution >= 4 is 31.9 Å². The quantitative estimate of drug-likeness (QED) is 0.834. The maximum absolute atomic E-state index is 12.1. The van der Waals surface area contributed by atoms with Gasteiger partial charge in [-0.25, -0.2) is 17.9 Å². The van der Waals surface area contributed by atoms with Crippen LogP contribution < -0.4 is 4.72 Å². The van der Waals surface area contributed by atoms with Crippen molar-refractivity contribution in [1.82, 2.24) is 4.72 Å². The molecule has 1 aromatic rings. The van der Waals surface area contributed by atoms with Crippen molar-refractivity contribution in [2.75, 3.05) is 6.54 Å². The van der Waals surface area contributed by atoms with E-state index in [0.29, 0.717) is 0 Å². The topological polar surface area (TPSA) is 107 Å². The van der Waals surface area contributed by atoms with E-state index in [2.05, 4.69) is 20.7 Å². The zero-order valence-corrected chi connectivity index (χ0v) is 13.2. The average Bonchev–Trinajstić information content (AvgIpc) is 2.36. The first-order chi connectivity index (χ1) is 9.09. The lowest BCUT2D eigenvalue weighted by molar-refractivity contribution is 0.0696. The predicted octanol–water partition coefficient (Wildman–Crippen LogP) is 1.98. The Balaban J connectivity index is 3.06. The van der Waals surface area contributed by atoms with Gasteiger partial charge in [-0.05, 0) is 48.0 Å². The largest absolute Gasteiger partial charge is 0.478 e. The Hall–Kier alpha value is -1.43. The molecule has 0 aliphatic carbocycles. The predicted molar refractivity (Wildman–Crippen MR) is 75.7 cm³/mol. The molecule has 2 N–H and O–H groups in total. The number of nitriles is 1. The number of carboxylic acid groups (broad SMARTS) is 1. The number of carboxylic acids is 1. The summed E-state index contributed by atoms with van der Waals surface area (Å²) in [6.45, 7) is 3.18. The van der Waals surface area contributed by atoms with Gasteiger partial charge in [0.25, 0.3) is 0 Å². The van der Waals surface area contributed by atoms with Gasteiger partial charge in [0, 0.05) is 11.0 Å². The summed E-state index contributed by atoms with van der Waals surface area (Å²) in [4.78, 5) is 10.7. The Labute approximate surface area is 125 Å². The minimum absolute atomic E-state index is 0.0202. The Morgan fingerprint density at radius 2 is 2.10 bits per heavy atom. The van der Waals surface area contributed by atoms with E-state index >= 15 is 0 Å². The summed E-state index contributed by atoms with van der Waals surface area (Å²) in [5.41, 5.74) is -0.853. The normalized spacial score (nSPS) is 11.9. The Kier molecular flexibility index (Phi) is 4.91. The molecule has 0 aliphatic rings. The molecule has 1 aromatic carbocycles. The number of hydrogen-bond acceptors (Lipinski definition) is 4. The molecule has 0 atom stereocenters. The van der Waals surface area contributed by atoms with Gasteiger partial charge < -0.3 is 5.11 Å². The van der Waals surface area contributed by atoms with Crippen molar-refractivity contribution in [3.05, 3.63) is 28.2 Å². The van der Waals surface area contributed by atoms with Crippen LogP contribution in [0.25, 0.3) is 0 Å². The monoisotopic (exact) mass is 360 g/mol. The van der Waals surface area contributed by atoms with E-state index in [-0.39, 0.29) is 21.5 Å². The molecule has 8 heteroatoms. The van der Waals surface area contributed by atoms with Crippen molar-refractivity contribution in [3.8, 4) is 6.07 Å². The van der Waals surface area contributed by atoms with Gasteiger partial charge in [-0.2, -0.15) is 5.26 Å². The van der Waals surface area contributed by atoms with Crippen molar-refractivity contribution in [3.63, 3.8) is 0 Å². The fourth-order valence-electron chi connectivity index (χ4n) is 1.24. The number of sulfonamides is 1. The van der Waals surface area contributed by atoms with E-state index < -0.39 is 21.4 Å². The average molecular weight is 361 g/mol. The highest BCUT2D eigenvalue weighted by Gasteiger charge is 2.23. The lowest BCUT2D eigenvalue weighted by Crippen LogP contribution is -2.33. The van der Waals surface area contributed by atoms with Gasteiger partial charge >= 0.3 is 5.97 Å². The summed E-state index contributed by atoms with van der Waals surface area (Å²) in [5, 5.41) is 17.7. The van der Waals surface area contributed by atoms with Gasteiger partial charge in [-0.15, -0.1) is 0 Å². The highest BCUT2D eigenvalue weighted by Crippen LogP contribution is 2.24. The van der Waals surface area contributed by atoms with Gasteiger partial charge in [0.05, 0.1) is 21.9 Å². The van der Waals surface area contributed by atoms with E-state index in [1.807, 2.05) is 6.07 Å². The summed E-state index contributed by atoms with van der Waals surface area (Å²) < 4.78 is 26.7. The van der Waals surface area contributed by atoms with Crippen LogP contribution in [0.5, 0.6) is 0 Å². The molecule has 108 valence electrons. The van der Waals surface area contributed by atoms with Crippen LogP contribution in [-0.2, 0) is 10.0 Å². The second-order valence-electron chi connectivity index (χ2n) is 4.77. The first-order valence-corrected chi connectivity index (χ1v) is 7.80. The fraction of sp³-hybridized carbons (Fsp3) is 0.333. The van der Waals surface area contributed by atoms with E-state index in [1.165, 1.54) is 18.2 Å². The standard InChI is InChI=1S/C12H13BrN2O4S/c1-12(2,6-14)7-15-20(18,19)10-4-3-8(11(16)17)5-9(10)13/h3-5,15H,7H2,1-2H3,(H,16,17). The van der Waals surface area contributed by atoms with Crippen LogP contribution in [0.3, 0.4) is 0 Å². The smallest absolute Gasteiger partial charge is 0.335 e. The zero-order chi connectivity index (χ0) is 15.6. The molecule has 20 heavy (non-hydrogen) atoms. The number of aromatic carboxylic acids is 1. The number of carbonyl (C=O) groups is 1. The summed E-state index contributed by atoms with van der Waals surface area (Å²) >= 11 is 3.04. The van der Waals surface area contributed by atoms with Crippen molar-refractivity contribution < 1.29 is 18.3 Å². The second-order valence-corrected chi connectivity index (χ2v) is 7.36. The molecule has 0 unspecified atom stereocenters. The van der Waals surface area contributed by atoms with Gasteiger partial charge in [-0.3, -0.25) is 0 Å². The van der Waals surface area contributed by atoms with Gasteiger partial charge in [-0.1, -0.05) is 0 Å². The molecule has 0 bridgehead atoms. The van der Waals surface area contributed by atoms with Crippen LogP contribution in [0, 0.1) is 16.7 Å². The maximum atomic E-state index is 12.1. The van der Waals surface area contributed by atoms with Crippen molar-refractivity contribution in [2.45, 2.75) is 18.7 Å². The molecule has 0 saturated heterocycles. The molecule has 0 spiro atoms. The van der Waals surface area contributed by atoms with E-state index in [9.17, 15) is 13.2 Å². The van der Waals surface area contributed by atoms with Gasteiger partial charge in [0.2, 0.25) is 10.0 Å². The van der Waals surface area contributed by atoms with Crippen LogP contribution in [0.2, 0.25) is 0 Å². The molecule has 1 rings (SSSR count). The summed E-state index contributed by atoms with van der Waals surface area (Å²) in [6, 6.07) is 5.61. The minimum atomic E-state index is -3.82. The third kappa shape index (κ3) is 4.03. The van der Waals surface area contributed by atoms with Crippen molar-refractivity contribution in [1.29, 1.82) is 5.26 Å². The van der Waals surface area contributed by atoms with E-state index in [0.717, 1.165) is 0 Å². The lowest BCUT2D eigenvalue weighted by atomic mass is 9.97. The Morgan fingerprint density at radius 1 is 1.50 bits per heavy atom. The Bertz CT molecular complexity index is 677. The van der Waals surface area contributed by atoms with E-state index in [1.54, 1.807) is 13.8 Å².